The Morgan fingerprint density at radius 2 is 1.97 bits per heavy atom. The van der Waals surface area contributed by atoms with Gasteiger partial charge in [0.15, 0.2) is 11.0 Å². The second kappa shape index (κ2) is 9.86. The summed E-state index contributed by atoms with van der Waals surface area (Å²) in [6.45, 7) is 1.15. The molecule has 0 bridgehead atoms. The van der Waals surface area contributed by atoms with Crippen LogP contribution in [0.15, 0.2) is 60.0 Å². The van der Waals surface area contributed by atoms with E-state index in [0.717, 1.165) is 24.2 Å². The first-order chi connectivity index (χ1) is 14.8. The second-order valence-electron chi connectivity index (χ2n) is 7.27. The zero-order valence-electron chi connectivity index (χ0n) is 16.9. The molecule has 0 saturated heterocycles. The number of hydrogen-bond acceptors (Lipinski definition) is 6. The first-order valence-electron chi connectivity index (χ1n) is 10.1. The van der Waals surface area contributed by atoms with Crippen molar-refractivity contribution in [3.05, 3.63) is 60.4 Å². The Bertz CT molecular complexity index is 960. The molecule has 2 heterocycles. The lowest BCUT2D eigenvalue weighted by molar-refractivity contribution is -0.119. The minimum absolute atomic E-state index is 0.00695. The molecule has 8 heteroatoms. The van der Waals surface area contributed by atoms with Crippen LogP contribution < -0.4 is 5.32 Å². The van der Waals surface area contributed by atoms with Gasteiger partial charge in [-0.05, 0) is 36.5 Å². The third-order valence-corrected chi connectivity index (χ3v) is 6.04. The predicted molar refractivity (Wildman–Crippen MR) is 116 cm³/mol. The Morgan fingerprint density at radius 3 is 2.67 bits per heavy atom. The number of carbonyl (C=O) groups is 1. The highest BCUT2D eigenvalue weighted by atomic mass is 32.2. The molecule has 1 saturated carbocycles. The van der Waals surface area contributed by atoms with Crippen LogP contribution >= 0.6 is 11.8 Å². The van der Waals surface area contributed by atoms with E-state index in [1.54, 1.807) is 19.5 Å². The van der Waals surface area contributed by atoms with Gasteiger partial charge < -0.3 is 10.1 Å². The Hall–Kier alpha value is -2.71. The van der Waals surface area contributed by atoms with Crippen molar-refractivity contribution < 1.29 is 9.53 Å². The van der Waals surface area contributed by atoms with E-state index in [-0.39, 0.29) is 17.7 Å². The van der Waals surface area contributed by atoms with Crippen LogP contribution in [-0.4, -0.2) is 45.1 Å². The van der Waals surface area contributed by atoms with Crippen molar-refractivity contribution in [2.24, 2.45) is 5.92 Å². The van der Waals surface area contributed by atoms with E-state index >= 15 is 0 Å². The summed E-state index contributed by atoms with van der Waals surface area (Å²) in [5.74, 6) is 1.58. The summed E-state index contributed by atoms with van der Waals surface area (Å²) < 4.78 is 7.24. The summed E-state index contributed by atoms with van der Waals surface area (Å²) >= 11 is 1.40. The minimum Gasteiger partial charge on any atom is -0.383 e. The van der Waals surface area contributed by atoms with Crippen LogP contribution in [0.1, 0.15) is 24.4 Å². The van der Waals surface area contributed by atoms with Crippen molar-refractivity contribution in [3.8, 4) is 11.4 Å². The molecule has 2 aromatic heterocycles. The molecule has 1 aliphatic carbocycles. The van der Waals surface area contributed by atoms with Gasteiger partial charge in [-0.25, -0.2) is 0 Å². The molecule has 1 amide bonds. The zero-order valence-corrected chi connectivity index (χ0v) is 17.7. The second-order valence-corrected chi connectivity index (χ2v) is 8.21. The molecule has 0 aliphatic heterocycles. The first kappa shape index (κ1) is 20.6. The zero-order chi connectivity index (χ0) is 20.8. The highest BCUT2D eigenvalue weighted by Crippen LogP contribution is 2.41. The first-order valence-corrected chi connectivity index (χ1v) is 11.0. The minimum atomic E-state index is 0.00695. The number of benzene rings is 1. The predicted octanol–water partition coefficient (Wildman–Crippen LogP) is 3.35. The van der Waals surface area contributed by atoms with Crippen molar-refractivity contribution in [1.82, 2.24) is 25.1 Å². The number of hydrogen-bond donors (Lipinski definition) is 1. The SMILES string of the molecule is COCCn1c(SCC(=O)NC(c2ccccc2)C2CC2)nnc1-c1ccncc1. The number of methoxy groups -OCH3 is 1. The van der Waals surface area contributed by atoms with E-state index in [4.69, 9.17) is 4.74 Å². The molecule has 4 rings (SSSR count). The summed E-state index contributed by atoms with van der Waals surface area (Å²) in [6, 6.07) is 14.1. The molecular weight excluding hydrogens is 398 g/mol. The molecule has 7 nitrogen and oxygen atoms in total. The number of aromatic nitrogens is 4. The van der Waals surface area contributed by atoms with Gasteiger partial charge in [-0.15, -0.1) is 10.2 Å². The quantitative estimate of drug-likeness (QED) is 0.504. The van der Waals surface area contributed by atoms with Gasteiger partial charge in [0, 0.05) is 25.1 Å². The van der Waals surface area contributed by atoms with E-state index in [1.165, 1.54) is 17.3 Å². The molecule has 30 heavy (non-hydrogen) atoms. The molecule has 1 atom stereocenters. The molecule has 1 fully saturated rings. The van der Waals surface area contributed by atoms with Gasteiger partial charge >= 0.3 is 0 Å². The van der Waals surface area contributed by atoms with E-state index in [1.807, 2.05) is 34.9 Å². The molecule has 1 aliphatic rings. The van der Waals surface area contributed by atoms with E-state index in [2.05, 4.69) is 32.6 Å². The third-order valence-electron chi connectivity index (χ3n) is 5.08. The lowest BCUT2D eigenvalue weighted by Gasteiger charge is -2.18. The van der Waals surface area contributed by atoms with Gasteiger partial charge in [-0.2, -0.15) is 0 Å². The van der Waals surface area contributed by atoms with Crippen LogP contribution in [0.3, 0.4) is 0 Å². The Balaban J connectivity index is 1.44. The largest absolute Gasteiger partial charge is 0.383 e. The molecule has 1 N–H and O–H groups in total. The maximum atomic E-state index is 12.7. The van der Waals surface area contributed by atoms with E-state index in [9.17, 15) is 4.79 Å². The maximum Gasteiger partial charge on any atom is 0.230 e. The van der Waals surface area contributed by atoms with E-state index < -0.39 is 0 Å². The number of pyridine rings is 1. The van der Waals surface area contributed by atoms with E-state index in [0.29, 0.717) is 24.2 Å². The number of rotatable bonds is 10. The molecule has 156 valence electrons. The van der Waals surface area contributed by atoms with Crippen molar-refractivity contribution >= 4 is 17.7 Å². The topological polar surface area (TPSA) is 81.9 Å². The van der Waals surface area contributed by atoms with Gasteiger partial charge in [0.1, 0.15) is 0 Å². The van der Waals surface area contributed by atoms with Gasteiger partial charge in [0.25, 0.3) is 0 Å². The molecule has 0 spiro atoms. The average Bonchev–Trinajstić information content (AvgIpc) is 3.55. The summed E-state index contributed by atoms with van der Waals surface area (Å²) in [6.07, 6.45) is 5.78. The normalized spacial score (nSPS) is 14.4. The molecule has 0 radical (unpaired) electrons. The molecular formula is C22H25N5O2S. The smallest absolute Gasteiger partial charge is 0.230 e. The monoisotopic (exact) mass is 423 g/mol. The fourth-order valence-electron chi connectivity index (χ4n) is 3.40. The van der Waals surface area contributed by atoms with Crippen molar-refractivity contribution in [3.63, 3.8) is 0 Å². The Kier molecular flexibility index (Phi) is 6.76. The summed E-state index contributed by atoms with van der Waals surface area (Å²) in [7, 11) is 1.67. The molecule has 3 aromatic rings. The van der Waals surface area contributed by atoms with Gasteiger partial charge in [-0.1, -0.05) is 42.1 Å². The van der Waals surface area contributed by atoms with Crippen molar-refractivity contribution in [2.75, 3.05) is 19.5 Å². The van der Waals surface area contributed by atoms with Crippen LogP contribution in [-0.2, 0) is 16.1 Å². The summed E-state index contributed by atoms with van der Waals surface area (Å²) in [4.78, 5) is 16.8. The van der Waals surface area contributed by atoms with Gasteiger partial charge in [-0.3, -0.25) is 14.3 Å². The number of nitrogens with zero attached hydrogens (tertiary/aromatic N) is 4. The van der Waals surface area contributed by atoms with Crippen LogP contribution in [0, 0.1) is 5.92 Å². The number of carbonyl (C=O) groups excluding carboxylic acids is 1. The number of ether oxygens (including phenoxy) is 1. The van der Waals surface area contributed by atoms with Crippen molar-refractivity contribution in [2.45, 2.75) is 30.6 Å². The standard InChI is InChI=1S/C22H25N5O2S/c1-29-14-13-27-21(18-9-11-23-12-10-18)25-26-22(27)30-15-19(28)24-20(17-7-8-17)16-5-3-2-4-6-16/h2-6,9-12,17,20H,7-8,13-15H2,1H3,(H,24,28). The van der Waals surface area contributed by atoms with Gasteiger partial charge in [0.05, 0.1) is 24.9 Å². The summed E-state index contributed by atoms with van der Waals surface area (Å²) in [5.41, 5.74) is 2.10. The highest BCUT2D eigenvalue weighted by molar-refractivity contribution is 7.99. The fourth-order valence-corrected chi connectivity index (χ4v) is 4.18. The molecule has 1 aromatic carbocycles. The Morgan fingerprint density at radius 1 is 1.20 bits per heavy atom. The number of thioether (sulfide) groups is 1. The number of nitrogens with one attached hydrogen (secondary N) is 1. The van der Waals surface area contributed by atoms with Gasteiger partial charge in [0.2, 0.25) is 5.91 Å². The maximum absolute atomic E-state index is 12.7. The van der Waals surface area contributed by atoms with Crippen LogP contribution in [0.25, 0.3) is 11.4 Å². The summed E-state index contributed by atoms with van der Waals surface area (Å²) in [5, 5.41) is 12.6. The third kappa shape index (κ3) is 5.06. The average molecular weight is 424 g/mol. The fraction of sp³-hybridized carbons (Fsp3) is 0.364. The lowest BCUT2D eigenvalue weighted by atomic mass is 10.0. The van der Waals surface area contributed by atoms with Crippen LogP contribution in [0.5, 0.6) is 0 Å². The van der Waals surface area contributed by atoms with Crippen LogP contribution in [0.4, 0.5) is 0 Å². The highest BCUT2D eigenvalue weighted by Gasteiger charge is 2.33. The lowest BCUT2D eigenvalue weighted by Crippen LogP contribution is -2.31. The van der Waals surface area contributed by atoms with Crippen molar-refractivity contribution in [1.29, 1.82) is 0 Å². The molecule has 1 unspecified atom stereocenters. The van der Waals surface area contributed by atoms with Crippen LogP contribution in [0.2, 0.25) is 0 Å². The number of amides is 1. The Labute approximate surface area is 180 Å².